The average Bonchev–Trinajstić information content (AvgIpc) is 3.03. The highest BCUT2D eigenvalue weighted by Gasteiger charge is 2.09. The quantitative estimate of drug-likeness (QED) is 0.716. The molecule has 134 valence electrons. The summed E-state index contributed by atoms with van der Waals surface area (Å²) in [6.45, 7) is 3.39. The number of amides is 2. The van der Waals surface area contributed by atoms with Gasteiger partial charge in [-0.3, -0.25) is 4.98 Å². The number of imidazole rings is 1. The fraction of sp³-hybridized carbons (Fsp3) is 0.211. The Bertz CT molecular complexity index is 861. The molecule has 7 heteroatoms. The molecular formula is C19H20FN5O. The van der Waals surface area contributed by atoms with Gasteiger partial charge in [0.25, 0.3) is 0 Å². The van der Waals surface area contributed by atoms with Crippen molar-refractivity contribution in [1.29, 1.82) is 0 Å². The first-order valence-corrected chi connectivity index (χ1v) is 8.32. The number of aryl methyl sites for hydroxylation is 1. The van der Waals surface area contributed by atoms with Gasteiger partial charge in [-0.25, -0.2) is 14.2 Å². The molecule has 2 N–H and O–H groups in total. The third-order valence-corrected chi connectivity index (χ3v) is 3.98. The zero-order valence-corrected chi connectivity index (χ0v) is 14.4. The lowest BCUT2D eigenvalue weighted by Crippen LogP contribution is -2.36. The lowest BCUT2D eigenvalue weighted by atomic mass is 10.2. The Balaban J connectivity index is 1.51. The standard InChI is InChI=1S/C19H20FN5O/c1-14-12-23-18(16-6-8-21-9-7-16)25(14)11-10-22-19(26)24-13-15-2-4-17(20)5-3-15/h2-9,12H,10-11,13H2,1H3,(H2,22,24,26). The molecule has 0 radical (unpaired) electrons. The number of nitrogens with one attached hydrogen (secondary N) is 2. The third kappa shape index (κ3) is 4.44. The summed E-state index contributed by atoms with van der Waals surface area (Å²) in [7, 11) is 0. The highest BCUT2D eigenvalue weighted by atomic mass is 19.1. The Labute approximate surface area is 151 Å². The lowest BCUT2D eigenvalue weighted by Gasteiger charge is -2.12. The summed E-state index contributed by atoms with van der Waals surface area (Å²) in [6, 6.07) is 9.57. The number of halogens is 1. The summed E-state index contributed by atoms with van der Waals surface area (Å²) in [5, 5.41) is 5.58. The van der Waals surface area contributed by atoms with Crippen LogP contribution in [0.25, 0.3) is 11.4 Å². The van der Waals surface area contributed by atoms with Gasteiger partial charge in [0, 0.05) is 49.5 Å². The molecule has 0 unspecified atom stereocenters. The molecule has 0 aliphatic heterocycles. The second-order valence-corrected chi connectivity index (χ2v) is 5.85. The first kappa shape index (κ1) is 17.6. The molecule has 0 fully saturated rings. The van der Waals surface area contributed by atoms with E-state index in [1.54, 1.807) is 24.5 Å². The van der Waals surface area contributed by atoms with E-state index in [2.05, 4.69) is 25.2 Å². The number of urea groups is 1. The van der Waals surface area contributed by atoms with Crippen molar-refractivity contribution in [3.05, 3.63) is 72.1 Å². The summed E-state index contributed by atoms with van der Waals surface area (Å²) in [5.41, 5.74) is 2.84. The van der Waals surface area contributed by atoms with Gasteiger partial charge >= 0.3 is 6.03 Å². The van der Waals surface area contributed by atoms with E-state index >= 15 is 0 Å². The van der Waals surface area contributed by atoms with Gasteiger partial charge in [-0.05, 0) is 36.8 Å². The number of carbonyl (C=O) groups excluding carboxylic acids is 1. The minimum atomic E-state index is -0.293. The van der Waals surface area contributed by atoms with Crippen molar-refractivity contribution in [2.45, 2.75) is 20.0 Å². The van der Waals surface area contributed by atoms with Gasteiger partial charge in [-0.1, -0.05) is 12.1 Å². The molecule has 2 amide bonds. The number of hydrogen-bond acceptors (Lipinski definition) is 3. The van der Waals surface area contributed by atoms with E-state index in [0.29, 0.717) is 19.6 Å². The number of hydrogen-bond donors (Lipinski definition) is 2. The smallest absolute Gasteiger partial charge is 0.315 e. The second-order valence-electron chi connectivity index (χ2n) is 5.85. The molecule has 0 spiro atoms. The van der Waals surface area contributed by atoms with Crippen molar-refractivity contribution in [2.75, 3.05) is 6.54 Å². The van der Waals surface area contributed by atoms with E-state index in [-0.39, 0.29) is 11.8 Å². The summed E-state index contributed by atoms with van der Waals surface area (Å²) in [6.07, 6.45) is 5.26. The predicted molar refractivity (Wildman–Crippen MR) is 96.8 cm³/mol. The predicted octanol–water partition coefficient (Wildman–Crippen LogP) is 2.89. The lowest BCUT2D eigenvalue weighted by molar-refractivity contribution is 0.240. The Morgan fingerprint density at radius 3 is 2.58 bits per heavy atom. The number of benzene rings is 1. The fourth-order valence-corrected chi connectivity index (χ4v) is 2.60. The SMILES string of the molecule is Cc1cnc(-c2ccncc2)n1CCNC(=O)NCc1ccc(F)cc1. The molecule has 3 aromatic rings. The van der Waals surface area contributed by atoms with Gasteiger partial charge in [0.1, 0.15) is 11.6 Å². The Morgan fingerprint density at radius 1 is 1.12 bits per heavy atom. The van der Waals surface area contributed by atoms with Crippen molar-refractivity contribution in [3.8, 4) is 11.4 Å². The Hall–Kier alpha value is -3.22. The van der Waals surface area contributed by atoms with Crippen LogP contribution in [-0.4, -0.2) is 27.1 Å². The maximum Gasteiger partial charge on any atom is 0.315 e. The minimum absolute atomic E-state index is 0.266. The molecule has 2 aromatic heterocycles. The molecule has 26 heavy (non-hydrogen) atoms. The molecule has 0 aliphatic carbocycles. The van der Waals surface area contributed by atoms with E-state index in [1.165, 1.54) is 12.1 Å². The largest absolute Gasteiger partial charge is 0.336 e. The van der Waals surface area contributed by atoms with Crippen LogP contribution in [0.4, 0.5) is 9.18 Å². The van der Waals surface area contributed by atoms with Gasteiger partial charge in [0.2, 0.25) is 0 Å². The number of aromatic nitrogens is 3. The van der Waals surface area contributed by atoms with E-state index in [1.807, 2.05) is 25.3 Å². The summed E-state index contributed by atoms with van der Waals surface area (Å²) < 4.78 is 14.9. The van der Waals surface area contributed by atoms with Crippen molar-refractivity contribution in [2.24, 2.45) is 0 Å². The van der Waals surface area contributed by atoms with Crippen LogP contribution in [0.5, 0.6) is 0 Å². The zero-order valence-electron chi connectivity index (χ0n) is 14.4. The molecule has 0 aliphatic rings. The van der Waals surface area contributed by atoms with Crippen LogP contribution >= 0.6 is 0 Å². The first-order chi connectivity index (χ1) is 12.6. The Kier molecular flexibility index (Phi) is 5.58. The first-order valence-electron chi connectivity index (χ1n) is 8.32. The van der Waals surface area contributed by atoms with Gasteiger partial charge in [-0.2, -0.15) is 0 Å². The second kappa shape index (κ2) is 8.24. The topological polar surface area (TPSA) is 71.8 Å². The number of carbonyl (C=O) groups is 1. The van der Waals surface area contributed by atoms with Crippen LogP contribution < -0.4 is 10.6 Å². The number of pyridine rings is 1. The summed E-state index contributed by atoms with van der Waals surface area (Å²) in [5.74, 6) is 0.553. The van der Waals surface area contributed by atoms with Crippen molar-refractivity contribution in [1.82, 2.24) is 25.2 Å². The number of rotatable bonds is 6. The van der Waals surface area contributed by atoms with Gasteiger partial charge < -0.3 is 15.2 Å². The monoisotopic (exact) mass is 353 g/mol. The Morgan fingerprint density at radius 2 is 1.85 bits per heavy atom. The molecular weight excluding hydrogens is 333 g/mol. The van der Waals surface area contributed by atoms with E-state index < -0.39 is 0 Å². The van der Waals surface area contributed by atoms with Crippen LogP contribution in [0.15, 0.2) is 55.0 Å². The molecule has 0 saturated heterocycles. The summed E-state index contributed by atoms with van der Waals surface area (Å²) in [4.78, 5) is 20.4. The third-order valence-electron chi connectivity index (χ3n) is 3.98. The molecule has 6 nitrogen and oxygen atoms in total. The molecule has 2 heterocycles. The molecule has 0 saturated carbocycles. The highest BCUT2D eigenvalue weighted by molar-refractivity contribution is 5.73. The van der Waals surface area contributed by atoms with E-state index in [4.69, 9.17) is 0 Å². The van der Waals surface area contributed by atoms with E-state index in [9.17, 15) is 9.18 Å². The summed E-state index contributed by atoms with van der Waals surface area (Å²) >= 11 is 0. The van der Waals surface area contributed by atoms with Gasteiger partial charge in [0.15, 0.2) is 0 Å². The van der Waals surface area contributed by atoms with Gasteiger partial charge in [0.05, 0.1) is 0 Å². The maximum absolute atomic E-state index is 12.9. The normalized spacial score (nSPS) is 10.5. The van der Waals surface area contributed by atoms with E-state index in [0.717, 1.165) is 22.6 Å². The highest BCUT2D eigenvalue weighted by Crippen LogP contribution is 2.18. The molecule has 0 atom stereocenters. The van der Waals surface area contributed by atoms with Crippen LogP contribution in [0.2, 0.25) is 0 Å². The van der Waals surface area contributed by atoms with Crippen LogP contribution in [0.3, 0.4) is 0 Å². The van der Waals surface area contributed by atoms with Gasteiger partial charge in [-0.15, -0.1) is 0 Å². The zero-order chi connectivity index (χ0) is 18.4. The fourth-order valence-electron chi connectivity index (χ4n) is 2.60. The van der Waals surface area contributed by atoms with Crippen molar-refractivity contribution in [3.63, 3.8) is 0 Å². The van der Waals surface area contributed by atoms with Crippen molar-refractivity contribution >= 4 is 6.03 Å². The number of nitrogens with zero attached hydrogens (tertiary/aromatic N) is 3. The van der Waals surface area contributed by atoms with Crippen molar-refractivity contribution < 1.29 is 9.18 Å². The average molecular weight is 353 g/mol. The van der Waals surface area contributed by atoms with Crippen LogP contribution in [0, 0.1) is 12.7 Å². The van der Waals surface area contributed by atoms with Crippen LogP contribution in [-0.2, 0) is 13.1 Å². The molecule has 0 bridgehead atoms. The molecule has 3 rings (SSSR count). The van der Waals surface area contributed by atoms with Crippen LogP contribution in [0.1, 0.15) is 11.3 Å². The molecule has 1 aromatic carbocycles. The maximum atomic E-state index is 12.9. The minimum Gasteiger partial charge on any atom is -0.336 e.